The van der Waals surface area contributed by atoms with Gasteiger partial charge in [-0.25, -0.2) is 4.79 Å². The zero-order valence-electron chi connectivity index (χ0n) is 14.1. The highest BCUT2D eigenvalue weighted by atomic mass is 32.1. The molecule has 0 radical (unpaired) electrons. The summed E-state index contributed by atoms with van der Waals surface area (Å²) >= 11 is 5.10. The number of carbonyl (C=O) groups is 2. The molecule has 0 saturated carbocycles. The molecule has 2 rings (SSSR count). The SMILES string of the molecule is Cc1ccc(OCC(=O)NC(=S)Nc2cccc(/C=C/C(=O)O)c2)cc1. The minimum absolute atomic E-state index is 0.127. The minimum atomic E-state index is -1.03. The maximum atomic E-state index is 11.9. The van der Waals surface area contributed by atoms with Gasteiger partial charge in [0.05, 0.1) is 0 Å². The van der Waals surface area contributed by atoms with Crippen LogP contribution in [0.2, 0.25) is 0 Å². The Morgan fingerprint density at radius 3 is 2.62 bits per heavy atom. The van der Waals surface area contributed by atoms with Crippen molar-refractivity contribution in [2.45, 2.75) is 6.92 Å². The van der Waals surface area contributed by atoms with E-state index in [9.17, 15) is 9.59 Å². The Labute approximate surface area is 156 Å². The number of hydrogen-bond acceptors (Lipinski definition) is 4. The number of ether oxygens (including phenoxy) is 1. The molecule has 0 heterocycles. The molecule has 2 aromatic rings. The molecule has 0 aromatic heterocycles. The van der Waals surface area contributed by atoms with Crippen LogP contribution in [-0.4, -0.2) is 28.7 Å². The summed E-state index contributed by atoms with van der Waals surface area (Å²) in [5.74, 6) is -0.813. The fourth-order valence-electron chi connectivity index (χ4n) is 2.00. The van der Waals surface area contributed by atoms with Gasteiger partial charge in [-0.3, -0.25) is 10.1 Å². The molecule has 0 bridgehead atoms. The second-order valence-corrected chi connectivity index (χ2v) is 5.81. The van der Waals surface area contributed by atoms with E-state index in [1.54, 1.807) is 36.4 Å². The molecular formula is C19H18N2O4S. The lowest BCUT2D eigenvalue weighted by atomic mass is 10.2. The first-order chi connectivity index (χ1) is 12.4. The number of thiocarbonyl (C=S) groups is 1. The van der Waals surface area contributed by atoms with Gasteiger partial charge < -0.3 is 15.2 Å². The third kappa shape index (κ3) is 6.74. The molecular weight excluding hydrogens is 352 g/mol. The van der Waals surface area contributed by atoms with Gasteiger partial charge in [0.2, 0.25) is 0 Å². The minimum Gasteiger partial charge on any atom is -0.484 e. The second-order valence-electron chi connectivity index (χ2n) is 5.40. The molecule has 1 amide bonds. The van der Waals surface area contributed by atoms with Gasteiger partial charge in [0.15, 0.2) is 11.7 Å². The van der Waals surface area contributed by atoms with Gasteiger partial charge >= 0.3 is 5.97 Å². The predicted octanol–water partition coefficient (Wildman–Crippen LogP) is 2.98. The molecule has 134 valence electrons. The molecule has 0 aliphatic rings. The summed E-state index contributed by atoms with van der Waals surface area (Å²) in [6.07, 6.45) is 2.51. The fourth-order valence-corrected chi connectivity index (χ4v) is 2.23. The normalized spacial score (nSPS) is 10.3. The average Bonchev–Trinajstić information content (AvgIpc) is 2.59. The van der Waals surface area contributed by atoms with Crippen LogP contribution < -0.4 is 15.4 Å². The Balaban J connectivity index is 1.84. The topological polar surface area (TPSA) is 87.7 Å². The number of anilines is 1. The van der Waals surface area contributed by atoms with E-state index in [-0.39, 0.29) is 17.6 Å². The van der Waals surface area contributed by atoms with E-state index in [0.29, 0.717) is 17.0 Å². The van der Waals surface area contributed by atoms with E-state index >= 15 is 0 Å². The second kappa shape index (κ2) is 9.33. The number of carboxylic acids is 1. The average molecular weight is 370 g/mol. The van der Waals surface area contributed by atoms with Crippen LogP contribution >= 0.6 is 12.2 Å². The van der Waals surface area contributed by atoms with Crippen molar-refractivity contribution in [2.24, 2.45) is 0 Å². The Morgan fingerprint density at radius 1 is 1.19 bits per heavy atom. The number of aryl methyl sites for hydroxylation is 1. The highest BCUT2D eigenvalue weighted by Gasteiger charge is 2.06. The van der Waals surface area contributed by atoms with Crippen LogP contribution in [0.3, 0.4) is 0 Å². The highest BCUT2D eigenvalue weighted by molar-refractivity contribution is 7.80. The molecule has 0 fully saturated rings. The molecule has 0 unspecified atom stereocenters. The van der Waals surface area contributed by atoms with E-state index in [0.717, 1.165) is 11.6 Å². The van der Waals surface area contributed by atoms with E-state index in [2.05, 4.69) is 10.6 Å². The van der Waals surface area contributed by atoms with Gasteiger partial charge in [-0.2, -0.15) is 0 Å². The number of carboxylic acid groups (broad SMARTS) is 1. The van der Waals surface area contributed by atoms with Crippen molar-refractivity contribution < 1.29 is 19.4 Å². The fraction of sp³-hybridized carbons (Fsp3) is 0.105. The summed E-state index contributed by atoms with van der Waals surface area (Å²) in [6.45, 7) is 1.80. The summed E-state index contributed by atoms with van der Waals surface area (Å²) in [5, 5.41) is 14.2. The number of amides is 1. The van der Waals surface area contributed by atoms with Crippen molar-refractivity contribution in [2.75, 3.05) is 11.9 Å². The maximum absolute atomic E-state index is 11.9. The van der Waals surface area contributed by atoms with Crippen LogP contribution in [0.1, 0.15) is 11.1 Å². The Kier molecular flexibility index (Phi) is 6.87. The molecule has 2 aromatic carbocycles. The summed E-state index contributed by atoms with van der Waals surface area (Å²) in [5.41, 5.74) is 2.42. The third-order valence-electron chi connectivity index (χ3n) is 3.21. The lowest BCUT2D eigenvalue weighted by molar-refractivity contribution is -0.131. The first kappa shape index (κ1) is 19.1. The van der Waals surface area contributed by atoms with Gasteiger partial charge in [-0.15, -0.1) is 0 Å². The standard InChI is InChI=1S/C19H18N2O4S/c1-13-5-8-16(9-6-13)25-12-17(22)21-19(26)20-15-4-2-3-14(11-15)7-10-18(23)24/h2-11H,12H2,1H3,(H,23,24)(H2,20,21,22,26)/b10-7+. The number of rotatable bonds is 6. The summed E-state index contributed by atoms with van der Waals surface area (Å²) in [4.78, 5) is 22.4. The zero-order valence-corrected chi connectivity index (χ0v) is 14.9. The van der Waals surface area contributed by atoms with Crippen LogP contribution in [0.15, 0.2) is 54.6 Å². The van der Waals surface area contributed by atoms with Crippen molar-refractivity contribution >= 4 is 41.0 Å². The van der Waals surface area contributed by atoms with Crippen LogP contribution in [0.4, 0.5) is 5.69 Å². The number of hydrogen-bond donors (Lipinski definition) is 3. The number of nitrogens with one attached hydrogen (secondary N) is 2. The molecule has 26 heavy (non-hydrogen) atoms. The molecule has 0 saturated heterocycles. The number of benzene rings is 2. The molecule has 0 spiro atoms. The maximum Gasteiger partial charge on any atom is 0.328 e. The van der Waals surface area contributed by atoms with Crippen molar-refractivity contribution in [1.29, 1.82) is 0 Å². The Hall–Kier alpha value is -3.19. The summed E-state index contributed by atoms with van der Waals surface area (Å²) < 4.78 is 5.38. The van der Waals surface area contributed by atoms with Gasteiger partial charge in [0.1, 0.15) is 5.75 Å². The highest BCUT2D eigenvalue weighted by Crippen LogP contribution is 2.12. The first-order valence-corrected chi connectivity index (χ1v) is 8.14. The molecule has 0 aliphatic carbocycles. The molecule has 0 aliphatic heterocycles. The smallest absolute Gasteiger partial charge is 0.328 e. The largest absolute Gasteiger partial charge is 0.484 e. The van der Waals surface area contributed by atoms with Crippen LogP contribution in [-0.2, 0) is 9.59 Å². The Bertz CT molecular complexity index is 832. The van der Waals surface area contributed by atoms with Gasteiger partial charge in [0, 0.05) is 11.8 Å². The third-order valence-corrected chi connectivity index (χ3v) is 3.41. The first-order valence-electron chi connectivity index (χ1n) is 7.74. The lowest BCUT2D eigenvalue weighted by Gasteiger charge is -2.11. The molecule has 3 N–H and O–H groups in total. The zero-order chi connectivity index (χ0) is 18.9. The van der Waals surface area contributed by atoms with E-state index in [1.807, 2.05) is 19.1 Å². The predicted molar refractivity (Wildman–Crippen MR) is 104 cm³/mol. The van der Waals surface area contributed by atoms with Gasteiger partial charge in [-0.1, -0.05) is 29.8 Å². The van der Waals surface area contributed by atoms with E-state index < -0.39 is 5.97 Å². The van der Waals surface area contributed by atoms with Crippen molar-refractivity contribution in [3.8, 4) is 5.75 Å². The van der Waals surface area contributed by atoms with Gasteiger partial charge in [0.25, 0.3) is 5.91 Å². The van der Waals surface area contributed by atoms with Crippen LogP contribution in [0.25, 0.3) is 6.08 Å². The summed E-state index contributed by atoms with van der Waals surface area (Å²) in [6, 6.07) is 14.3. The lowest BCUT2D eigenvalue weighted by Crippen LogP contribution is -2.37. The van der Waals surface area contributed by atoms with E-state index in [1.165, 1.54) is 6.08 Å². The van der Waals surface area contributed by atoms with Crippen LogP contribution in [0.5, 0.6) is 5.75 Å². The summed E-state index contributed by atoms with van der Waals surface area (Å²) in [7, 11) is 0. The quantitative estimate of drug-likeness (QED) is 0.535. The Morgan fingerprint density at radius 2 is 1.92 bits per heavy atom. The van der Waals surface area contributed by atoms with Crippen molar-refractivity contribution in [3.63, 3.8) is 0 Å². The van der Waals surface area contributed by atoms with Crippen molar-refractivity contribution in [1.82, 2.24) is 5.32 Å². The number of aliphatic carboxylic acids is 1. The molecule has 6 nitrogen and oxygen atoms in total. The number of carbonyl (C=O) groups excluding carboxylic acids is 1. The van der Waals surface area contributed by atoms with E-state index in [4.69, 9.17) is 22.1 Å². The van der Waals surface area contributed by atoms with Crippen LogP contribution in [0, 0.1) is 6.92 Å². The molecule has 7 heteroatoms. The molecule has 0 atom stereocenters. The van der Waals surface area contributed by atoms with Crippen molar-refractivity contribution in [3.05, 3.63) is 65.7 Å². The monoisotopic (exact) mass is 370 g/mol. The van der Waals surface area contributed by atoms with Gasteiger partial charge in [-0.05, 0) is 55.0 Å².